The fourth-order valence-corrected chi connectivity index (χ4v) is 3.10. The second-order valence-electron chi connectivity index (χ2n) is 4.87. The van der Waals surface area contributed by atoms with E-state index in [1.54, 1.807) is 23.5 Å². The highest BCUT2D eigenvalue weighted by atomic mass is 32.1. The van der Waals surface area contributed by atoms with Gasteiger partial charge in [-0.2, -0.15) is 0 Å². The molecule has 1 aromatic heterocycles. The van der Waals surface area contributed by atoms with Crippen molar-refractivity contribution in [1.82, 2.24) is 0 Å². The summed E-state index contributed by atoms with van der Waals surface area (Å²) in [7, 11) is 0. The van der Waals surface area contributed by atoms with Gasteiger partial charge >= 0.3 is 5.97 Å². The number of rotatable bonds is 5. The fraction of sp³-hybridized carbons (Fsp3) is 0.267. The fourth-order valence-electron chi connectivity index (χ4n) is 2.08. The number of thiophene rings is 1. The predicted octanol–water partition coefficient (Wildman–Crippen LogP) is 3.38. The summed E-state index contributed by atoms with van der Waals surface area (Å²) in [5, 5.41) is 12.3. The van der Waals surface area contributed by atoms with Gasteiger partial charge in [-0.15, -0.1) is 11.3 Å². The molecule has 5 heteroatoms. The summed E-state index contributed by atoms with van der Waals surface area (Å²) in [4.78, 5) is 13.5. The summed E-state index contributed by atoms with van der Waals surface area (Å²) in [6.45, 7) is 4.19. The van der Waals surface area contributed by atoms with E-state index in [2.05, 4.69) is 31.3 Å². The summed E-state index contributed by atoms with van der Waals surface area (Å²) in [5.41, 5.74) is 6.99. The molecule has 20 heavy (non-hydrogen) atoms. The van der Waals surface area contributed by atoms with Crippen molar-refractivity contribution in [3.8, 4) is 0 Å². The van der Waals surface area contributed by atoms with E-state index >= 15 is 0 Å². The Morgan fingerprint density at radius 3 is 2.70 bits per heavy atom. The quantitative estimate of drug-likeness (QED) is 0.738. The average Bonchev–Trinajstić information content (AvgIpc) is 2.74. The minimum absolute atomic E-state index is 0.136. The minimum atomic E-state index is -1.00. The molecule has 2 rings (SSSR count). The smallest absolute Gasteiger partial charge is 0.337 e. The van der Waals surface area contributed by atoms with Crippen LogP contribution in [0, 0.1) is 6.92 Å². The molecule has 4 N–H and O–H groups in total. The molecule has 1 atom stereocenters. The van der Waals surface area contributed by atoms with Crippen molar-refractivity contribution in [3.05, 3.63) is 45.6 Å². The van der Waals surface area contributed by atoms with Crippen LogP contribution >= 0.6 is 11.3 Å². The summed E-state index contributed by atoms with van der Waals surface area (Å²) < 4.78 is 0. The van der Waals surface area contributed by atoms with Crippen molar-refractivity contribution in [1.29, 1.82) is 0 Å². The average molecular weight is 290 g/mol. The zero-order valence-corrected chi connectivity index (χ0v) is 12.3. The molecule has 0 saturated carbocycles. The summed E-state index contributed by atoms with van der Waals surface area (Å²) in [5.74, 6) is -1.00. The maximum atomic E-state index is 10.9. The number of aromatic carboxylic acids is 1. The molecule has 0 spiro atoms. The van der Waals surface area contributed by atoms with Crippen LogP contribution in [0.25, 0.3) is 0 Å². The number of hydrogen-bond donors (Lipinski definition) is 3. The molecule has 0 aliphatic rings. The third kappa shape index (κ3) is 3.51. The van der Waals surface area contributed by atoms with E-state index in [1.807, 2.05) is 0 Å². The molecular weight excluding hydrogens is 272 g/mol. The number of carbonyl (C=O) groups is 1. The van der Waals surface area contributed by atoms with Gasteiger partial charge < -0.3 is 16.2 Å². The molecule has 0 radical (unpaired) electrons. The Hall–Kier alpha value is -2.01. The Labute approximate surface area is 122 Å². The lowest BCUT2D eigenvalue weighted by atomic mass is 10.1. The van der Waals surface area contributed by atoms with Crippen molar-refractivity contribution in [3.63, 3.8) is 0 Å². The number of nitrogen functional groups attached to an aromatic ring is 1. The Bertz CT molecular complexity index is 622. The molecule has 2 aromatic rings. The van der Waals surface area contributed by atoms with Gasteiger partial charge in [-0.1, -0.05) is 0 Å². The zero-order chi connectivity index (χ0) is 14.7. The van der Waals surface area contributed by atoms with Crippen molar-refractivity contribution in [2.75, 3.05) is 11.1 Å². The first-order chi connectivity index (χ1) is 9.45. The third-order valence-corrected chi connectivity index (χ3v) is 4.02. The Balaban J connectivity index is 2.02. The molecule has 1 heterocycles. The van der Waals surface area contributed by atoms with Crippen LogP contribution in [0.1, 0.15) is 27.0 Å². The van der Waals surface area contributed by atoms with Crippen LogP contribution in [0.5, 0.6) is 0 Å². The van der Waals surface area contributed by atoms with Crippen molar-refractivity contribution >= 4 is 28.7 Å². The van der Waals surface area contributed by atoms with Gasteiger partial charge in [0.15, 0.2) is 0 Å². The first-order valence-corrected chi connectivity index (χ1v) is 7.22. The molecule has 0 fully saturated rings. The number of carboxylic acid groups (broad SMARTS) is 1. The molecule has 1 unspecified atom stereocenters. The molecule has 0 amide bonds. The lowest BCUT2D eigenvalue weighted by molar-refractivity contribution is 0.0698. The van der Waals surface area contributed by atoms with Crippen LogP contribution in [0.15, 0.2) is 30.3 Å². The highest BCUT2D eigenvalue weighted by molar-refractivity contribution is 7.11. The first-order valence-electron chi connectivity index (χ1n) is 6.40. The van der Waals surface area contributed by atoms with E-state index in [0.717, 1.165) is 12.1 Å². The molecule has 0 aliphatic carbocycles. The van der Waals surface area contributed by atoms with E-state index in [-0.39, 0.29) is 17.3 Å². The normalized spacial score (nSPS) is 12.1. The van der Waals surface area contributed by atoms with E-state index in [0.29, 0.717) is 0 Å². The van der Waals surface area contributed by atoms with Gasteiger partial charge in [0.05, 0.1) is 5.56 Å². The van der Waals surface area contributed by atoms with Gasteiger partial charge in [0.1, 0.15) is 0 Å². The SMILES string of the molecule is Cc1ccc(CC(C)Nc2ccc(C(=O)O)c(N)c2)s1. The van der Waals surface area contributed by atoms with E-state index in [4.69, 9.17) is 10.8 Å². The number of nitrogens with one attached hydrogen (secondary N) is 1. The van der Waals surface area contributed by atoms with Crippen LogP contribution in [0.4, 0.5) is 11.4 Å². The number of hydrogen-bond acceptors (Lipinski definition) is 4. The lowest BCUT2D eigenvalue weighted by Gasteiger charge is -2.15. The standard InChI is InChI=1S/C15H18N2O2S/c1-9(7-12-5-3-10(2)20-12)17-11-4-6-13(15(18)19)14(16)8-11/h3-6,8-9,17H,7,16H2,1-2H3,(H,18,19). The number of carboxylic acids is 1. The highest BCUT2D eigenvalue weighted by Crippen LogP contribution is 2.21. The Kier molecular flexibility index (Phi) is 4.29. The zero-order valence-electron chi connectivity index (χ0n) is 11.5. The largest absolute Gasteiger partial charge is 0.478 e. The lowest BCUT2D eigenvalue weighted by Crippen LogP contribution is -2.17. The van der Waals surface area contributed by atoms with Gasteiger partial charge in [0.25, 0.3) is 0 Å². The third-order valence-electron chi connectivity index (χ3n) is 3.00. The van der Waals surface area contributed by atoms with Crippen molar-refractivity contribution in [2.45, 2.75) is 26.3 Å². The van der Waals surface area contributed by atoms with Gasteiger partial charge in [0, 0.05) is 33.6 Å². The number of aryl methyl sites for hydroxylation is 1. The van der Waals surface area contributed by atoms with Gasteiger partial charge in [-0.25, -0.2) is 4.79 Å². The van der Waals surface area contributed by atoms with Crippen molar-refractivity contribution < 1.29 is 9.90 Å². The maximum Gasteiger partial charge on any atom is 0.337 e. The molecule has 106 valence electrons. The summed E-state index contributed by atoms with van der Waals surface area (Å²) >= 11 is 1.79. The molecule has 0 saturated heterocycles. The second-order valence-corrected chi connectivity index (χ2v) is 6.24. The topological polar surface area (TPSA) is 75.3 Å². The van der Waals surface area contributed by atoms with Crippen LogP contribution in [0.2, 0.25) is 0 Å². The van der Waals surface area contributed by atoms with Gasteiger partial charge in [-0.05, 0) is 44.2 Å². The second kappa shape index (κ2) is 5.96. The molecular formula is C15H18N2O2S. The van der Waals surface area contributed by atoms with E-state index in [1.165, 1.54) is 15.8 Å². The van der Waals surface area contributed by atoms with Gasteiger partial charge in [-0.3, -0.25) is 0 Å². The van der Waals surface area contributed by atoms with E-state index < -0.39 is 5.97 Å². The van der Waals surface area contributed by atoms with Gasteiger partial charge in [0.2, 0.25) is 0 Å². The Morgan fingerprint density at radius 1 is 1.40 bits per heavy atom. The number of nitrogens with two attached hydrogens (primary N) is 1. The minimum Gasteiger partial charge on any atom is -0.478 e. The monoisotopic (exact) mass is 290 g/mol. The first kappa shape index (κ1) is 14.4. The predicted molar refractivity (Wildman–Crippen MR) is 83.7 cm³/mol. The van der Waals surface area contributed by atoms with Crippen LogP contribution < -0.4 is 11.1 Å². The van der Waals surface area contributed by atoms with Crippen LogP contribution in [0.3, 0.4) is 0 Å². The van der Waals surface area contributed by atoms with Crippen LogP contribution in [-0.2, 0) is 6.42 Å². The molecule has 0 aliphatic heterocycles. The van der Waals surface area contributed by atoms with E-state index in [9.17, 15) is 4.79 Å². The number of anilines is 2. The van der Waals surface area contributed by atoms with Crippen LogP contribution in [-0.4, -0.2) is 17.1 Å². The highest BCUT2D eigenvalue weighted by Gasteiger charge is 2.10. The summed E-state index contributed by atoms with van der Waals surface area (Å²) in [6, 6.07) is 9.45. The molecule has 1 aromatic carbocycles. The summed E-state index contributed by atoms with van der Waals surface area (Å²) in [6.07, 6.45) is 0.930. The van der Waals surface area contributed by atoms with Crippen molar-refractivity contribution in [2.24, 2.45) is 0 Å². The molecule has 0 bridgehead atoms. The Morgan fingerprint density at radius 2 is 2.15 bits per heavy atom. The molecule has 4 nitrogen and oxygen atoms in total. The maximum absolute atomic E-state index is 10.9. The number of benzene rings is 1.